The summed E-state index contributed by atoms with van der Waals surface area (Å²) in [6, 6.07) is 0. The SMILES string of the molecule is CCCc1nc(NC)c(C)c(NCCN(CC)CC)n1. The van der Waals surface area contributed by atoms with Gasteiger partial charge >= 0.3 is 0 Å². The van der Waals surface area contributed by atoms with E-state index in [0.717, 1.165) is 62.0 Å². The molecule has 0 spiro atoms. The van der Waals surface area contributed by atoms with Gasteiger partial charge in [-0.05, 0) is 26.4 Å². The maximum Gasteiger partial charge on any atom is 0.134 e. The maximum absolute atomic E-state index is 4.64. The van der Waals surface area contributed by atoms with Crippen LogP contribution >= 0.6 is 0 Å². The second-order valence-corrected chi connectivity index (χ2v) is 4.92. The number of hydrogen-bond acceptors (Lipinski definition) is 5. The molecule has 1 rings (SSSR count). The Morgan fingerprint density at radius 2 is 1.70 bits per heavy atom. The van der Waals surface area contributed by atoms with E-state index in [2.05, 4.69) is 53.2 Å². The summed E-state index contributed by atoms with van der Waals surface area (Å²) in [5, 5.41) is 6.61. The standard InChI is InChI=1S/C15H29N5/c1-6-9-13-18-14(16-5)12(4)15(19-13)17-10-11-20(7-2)8-3/h6-11H2,1-5H3,(H2,16,17,18,19). The van der Waals surface area contributed by atoms with Gasteiger partial charge in [-0.25, -0.2) is 9.97 Å². The Hall–Kier alpha value is -1.36. The first-order chi connectivity index (χ1) is 9.65. The van der Waals surface area contributed by atoms with Crippen LogP contribution in [0.5, 0.6) is 0 Å². The van der Waals surface area contributed by atoms with Gasteiger partial charge in [0, 0.05) is 32.1 Å². The molecule has 5 nitrogen and oxygen atoms in total. The molecule has 0 unspecified atom stereocenters. The molecule has 0 atom stereocenters. The van der Waals surface area contributed by atoms with E-state index >= 15 is 0 Å². The lowest BCUT2D eigenvalue weighted by Crippen LogP contribution is -2.29. The van der Waals surface area contributed by atoms with E-state index in [1.807, 2.05) is 7.05 Å². The fourth-order valence-corrected chi connectivity index (χ4v) is 2.19. The first-order valence-electron chi connectivity index (χ1n) is 7.67. The molecule has 0 radical (unpaired) electrons. The van der Waals surface area contributed by atoms with Gasteiger partial charge in [0.05, 0.1) is 0 Å². The lowest BCUT2D eigenvalue weighted by molar-refractivity contribution is 0.316. The van der Waals surface area contributed by atoms with Crippen LogP contribution in [0.25, 0.3) is 0 Å². The summed E-state index contributed by atoms with van der Waals surface area (Å²) >= 11 is 0. The zero-order chi connectivity index (χ0) is 15.0. The largest absolute Gasteiger partial charge is 0.373 e. The van der Waals surface area contributed by atoms with Crippen LogP contribution in [-0.4, -0.2) is 48.1 Å². The Bertz CT molecular complexity index is 401. The van der Waals surface area contributed by atoms with E-state index in [1.165, 1.54) is 0 Å². The van der Waals surface area contributed by atoms with E-state index in [0.29, 0.717) is 0 Å². The fourth-order valence-electron chi connectivity index (χ4n) is 2.19. The van der Waals surface area contributed by atoms with Crippen molar-refractivity contribution in [2.24, 2.45) is 0 Å². The monoisotopic (exact) mass is 279 g/mol. The molecule has 114 valence electrons. The molecule has 0 aliphatic rings. The average Bonchev–Trinajstić information content (AvgIpc) is 2.46. The highest BCUT2D eigenvalue weighted by molar-refractivity contribution is 5.57. The highest BCUT2D eigenvalue weighted by Gasteiger charge is 2.09. The molecule has 0 saturated carbocycles. The van der Waals surface area contributed by atoms with Crippen molar-refractivity contribution >= 4 is 11.6 Å². The number of hydrogen-bond donors (Lipinski definition) is 2. The molecule has 0 saturated heterocycles. The van der Waals surface area contributed by atoms with Crippen LogP contribution < -0.4 is 10.6 Å². The van der Waals surface area contributed by atoms with Gasteiger partial charge < -0.3 is 15.5 Å². The van der Waals surface area contributed by atoms with Gasteiger partial charge in [-0.2, -0.15) is 0 Å². The number of aromatic nitrogens is 2. The highest BCUT2D eigenvalue weighted by Crippen LogP contribution is 2.19. The summed E-state index contributed by atoms with van der Waals surface area (Å²) in [7, 11) is 1.91. The lowest BCUT2D eigenvalue weighted by Gasteiger charge is -2.19. The van der Waals surface area contributed by atoms with Crippen LogP contribution in [0.4, 0.5) is 11.6 Å². The van der Waals surface area contributed by atoms with Crippen molar-refractivity contribution in [3.63, 3.8) is 0 Å². The smallest absolute Gasteiger partial charge is 0.134 e. The molecule has 0 amide bonds. The van der Waals surface area contributed by atoms with Crippen molar-refractivity contribution in [2.75, 3.05) is 43.9 Å². The number of likely N-dealkylation sites (N-methyl/N-ethyl adjacent to an activating group) is 1. The summed E-state index contributed by atoms with van der Waals surface area (Å²) in [5.74, 6) is 2.79. The average molecular weight is 279 g/mol. The molecule has 0 aliphatic heterocycles. The predicted octanol–water partition coefficient (Wildman–Crippen LogP) is 2.53. The number of rotatable bonds is 9. The summed E-state index contributed by atoms with van der Waals surface area (Å²) in [4.78, 5) is 11.6. The van der Waals surface area contributed by atoms with Gasteiger partial charge in [-0.15, -0.1) is 0 Å². The summed E-state index contributed by atoms with van der Waals surface area (Å²) < 4.78 is 0. The topological polar surface area (TPSA) is 53.1 Å². The molecule has 1 aromatic rings. The molecule has 20 heavy (non-hydrogen) atoms. The van der Waals surface area contributed by atoms with E-state index in [4.69, 9.17) is 0 Å². The first kappa shape index (κ1) is 16.7. The van der Waals surface area contributed by atoms with E-state index in [1.54, 1.807) is 0 Å². The second kappa shape index (κ2) is 8.74. The molecule has 2 N–H and O–H groups in total. The Morgan fingerprint density at radius 3 is 2.25 bits per heavy atom. The Balaban J connectivity index is 2.74. The van der Waals surface area contributed by atoms with Crippen molar-refractivity contribution in [1.29, 1.82) is 0 Å². The molecule has 0 aliphatic carbocycles. The molecule has 0 bridgehead atoms. The summed E-state index contributed by atoms with van der Waals surface area (Å²) in [6.07, 6.45) is 1.98. The van der Waals surface area contributed by atoms with Gasteiger partial charge in [0.1, 0.15) is 17.5 Å². The van der Waals surface area contributed by atoms with Crippen LogP contribution in [0.15, 0.2) is 0 Å². The van der Waals surface area contributed by atoms with Crippen molar-refractivity contribution < 1.29 is 0 Å². The van der Waals surface area contributed by atoms with Crippen LogP contribution in [0, 0.1) is 6.92 Å². The van der Waals surface area contributed by atoms with Crippen molar-refractivity contribution in [3.8, 4) is 0 Å². The maximum atomic E-state index is 4.64. The minimum absolute atomic E-state index is 0.910. The van der Waals surface area contributed by atoms with Crippen LogP contribution in [0.1, 0.15) is 38.6 Å². The third kappa shape index (κ3) is 4.63. The Labute approximate surface area is 123 Å². The zero-order valence-electron chi connectivity index (χ0n) is 13.6. The second-order valence-electron chi connectivity index (χ2n) is 4.92. The van der Waals surface area contributed by atoms with E-state index < -0.39 is 0 Å². The van der Waals surface area contributed by atoms with Gasteiger partial charge in [0.25, 0.3) is 0 Å². The lowest BCUT2D eigenvalue weighted by atomic mass is 10.2. The highest BCUT2D eigenvalue weighted by atomic mass is 15.1. The predicted molar refractivity (Wildman–Crippen MR) is 86.6 cm³/mol. The van der Waals surface area contributed by atoms with Gasteiger partial charge in [-0.3, -0.25) is 0 Å². The molecular weight excluding hydrogens is 250 g/mol. The number of aryl methyl sites for hydroxylation is 1. The Kier molecular flexibility index (Phi) is 7.30. The van der Waals surface area contributed by atoms with E-state index in [-0.39, 0.29) is 0 Å². The molecular formula is C15H29N5. The van der Waals surface area contributed by atoms with Crippen LogP contribution in [-0.2, 0) is 6.42 Å². The number of nitrogens with one attached hydrogen (secondary N) is 2. The third-order valence-corrected chi connectivity index (χ3v) is 3.52. The molecule has 1 aromatic heterocycles. The fraction of sp³-hybridized carbons (Fsp3) is 0.733. The number of anilines is 2. The minimum atomic E-state index is 0.910. The quantitative estimate of drug-likeness (QED) is 0.727. The van der Waals surface area contributed by atoms with Crippen molar-refractivity contribution in [2.45, 2.75) is 40.5 Å². The van der Waals surface area contributed by atoms with Crippen LogP contribution in [0.2, 0.25) is 0 Å². The molecule has 0 fully saturated rings. The van der Waals surface area contributed by atoms with E-state index in [9.17, 15) is 0 Å². The van der Waals surface area contributed by atoms with Crippen molar-refractivity contribution in [1.82, 2.24) is 14.9 Å². The van der Waals surface area contributed by atoms with Crippen molar-refractivity contribution in [3.05, 3.63) is 11.4 Å². The number of nitrogens with zero attached hydrogens (tertiary/aromatic N) is 3. The molecule has 1 heterocycles. The van der Waals surface area contributed by atoms with Crippen LogP contribution in [0.3, 0.4) is 0 Å². The van der Waals surface area contributed by atoms with Gasteiger partial charge in [0.15, 0.2) is 0 Å². The molecule has 0 aromatic carbocycles. The summed E-state index contributed by atoms with van der Waals surface area (Å²) in [5.41, 5.74) is 1.09. The Morgan fingerprint density at radius 1 is 1.05 bits per heavy atom. The zero-order valence-corrected chi connectivity index (χ0v) is 13.6. The molecule has 5 heteroatoms. The minimum Gasteiger partial charge on any atom is -0.373 e. The van der Waals surface area contributed by atoms with Gasteiger partial charge in [-0.1, -0.05) is 20.8 Å². The normalized spacial score (nSPS) is 10.9. The third-order valence-electron chi connectivity index (χ3n) is 3.52. The summed E-state index contributed by atoms with van der Waals surface area (Å²) in [6.45, 7) is 12.7. The van der Waals surface area contributed by atoms with Gasteiger partial charge in [0.2, 0.25) is 0 Å². The first-order valence-corrected chi connectivity index (χ1v) is 7.67.